The molecule has 0 aliphatic rings. The molecule has 104 valence electrons. The van der Waals surface area contributed by atoms with Crippen LogP contribution in [0.15, 0.2) is 42.5 Å². The Morgan fingerprint density at radius 2 is 2.00 bits per heavy atom. The molecule has 0 aliphatic carbocycles. The number of carbonyl (C=O) groups is 1. The highest BCUT2D eigenvalue weighted by atomic mass is 19.1. The fourth-order valence-electron chi connectivity index (χ4n) is 2.01. The van der Waals surface area contributed by atoms with Crippen molar-refractivity contribution in [3.8, 4) is 0 Å². The lowest BCUT2D eigenvalue weighted by atomic mass is 10.1. The van der Waals surface area contributed by atoms with Crippen LogP contribution in [0.5, 0.6) is 0 Å². The number of rotatable bonds is 4. The fourth-order valence-corrected chi connectivity index (χ4v) is 2.01. The van der Waals surface area contributed by atoms with E-state index in [1.165, 1.54) is 12.1 Å². The van der Waals surface area contributed by atoms with Crippen molar-refractivity contribution in [2.45, 2.75) is 13.3 Å². The minimum absolute atomic E-state index is 0.161. The van der Waals surface area contributed by atoms with Crippen LogP contribution < -0.4 is 11.1 Å². The van der Waals surface area contributed by atoms with Gasteiger partial charge in [0, 0.05) is 17.8 Å². The second kappa shape index (κ2) is 6.19. The highest BCUT2D eigenvalue weighted by Gasteiger charge is 2.09. The molecule has 2 aromatic rings. The van der Waals surface area contributed by atoms with E-state index in [9.17, 15) is 9.18 Å². The number of hydrogen-bond acceptors (Lipinski definition) is 2. The van der Waals surface area contributed by atoms with Gasteiger partial charge in [0.2, 0.25) is 0 Å². The van der Waals surface area contributed by atoms with Crippen molar-refractivity contribution < 1.29 is 9.18 Å². The van der Waals surface area contributed by atoms with Gasteiger partial charge in [-0.3, -0.25) is 4.79 Å². The molecular formula is C16H17FN2O. The molecular weight excluding hydrogens is 255 g/mol. The molecule has 3 N–H and O–H groups in total. The lowest BCUT2D eigenvalue weighted by Crippen LogP contribution is -2.26. The van der Waals surface area contributed by atoms with Crippen molar-refractivity contribution in [1.82, 2.24) is 5.32 Å². The molecule has 0 atom stereocenters. The van der Waals surface area contributed by atoms with Crippen LogP contribution in [0, 0.1) is 12.7 Å². The molecule has 2 rings (SSSR count). The van der Waals surface area contributed by atoms with Gasteiger partial charge in [-0.2, -0.15) is 0 Å². The minimum Gasteiger partial charge on any atom is -0.398 e. The predicted molar refractivity (Wildman–Crippen MR) is 78.0 cm³/mol. The first-order valence-electron chi connectivity index (χ1n) is 6.45. The summed E-state index contributed by atoms with van der Waals surface area (Å²) in [6, 6.07) is 11.6. The minimum atomic E-state index is -0.263. The van der Waals surface area contributed by atoms with E-state index in [0.717, 1.165) is 11.1 Å². The highest BCUT2D eigenvalue weighted by molar-refractivity contribution is 5.96. The van der Waals surface area contributed by atoms with Gasteiger partial charge in [0.1, 0.15) is 5.82 Å². The largest absolute Gasteiger partial charge is 0.398 e. The second-order valence-corrected chi connectivity index (χ2v) is 4.66. The third-order valence-electron chi connectivity index (χ3n) is 3.21. The van der Waals surface area contributed by atoms with Crippen LogP contribution >= 0.6 is 0 Å². The fraction of sp³-hybridized carbons (Fsp3) is 0.188. The predicted octanol–water partition coefficient (Wildman–Crippen LogP) is 2.69. The zero-order valence-electron chi connectivity index (χ0n) is 11.3. The first-order chi connectivity index (χ1) is 9.58. The van der Waals surface area contributed by atoms with Crippen LogP contribution in [0.4, 0.5) is 10.1 Å². The Bertz CT molecular complexity index is 626. The molecule has 0 heterocycles. The summed E-state index contributed by atoms with van der Waals surface area (Å²) in [5.74, 6) is -0.424. The van der Waals surface area contributed by atoms with Gasteiger partial charge < -0.3 is 11.1 Å². The summed E-state index contributed by atoms with van der Waals surface area (Å²) in [4.78, 5) is 12.0. The third-order valence-corrected chi connectivity index (χ3v) is 3.21. The number of anilines is 1. The third kappa shape index (κ3) is 3.35. The Kier molecular flexibility index (Phi) is 4.35. The van der Waals surface area contributed by atoms with Gasteiger partial charge in [0.25, 0.3) is 5.91 Å². The van der Waals surface area contributed by atoms with E-state index in [1.54, 1.807) is 24.3 Å². The average Bonchev–Trinajstić information content (AvgIpc) is 2.42. The maximum atomic E-state index is 13.0. The van der Waals surface area contributed by atoms with Crippen molar-refractivity contribution in [3.05, 3.63) is 65.0 Å². The van der Waals surface area contributed by atoms with Crippen LogP contribution in [0.3, 0.4) is 0 Å². The standard InChI is InChI=1S/C16H17FN2O/c1-11-14(6-3-7-15(11)18)16(20)19-9-8-12-4-2-5-13(17)10-12/h2-7,10H,8-9,18H2,1H3,(H,19,20). The van der Waals surface area contributed by atoms with Crippen LogP contribution in [0.1, 0.15) is 21.5 Å². The zero-order valence-corrected chi connectivity index (χ0v) is 11.3. The quantitative estimate of drug-likeness (QED) is 0.841. The summed E-state index contributed by atoms with van der Waals surface area (Å²) in [5, 5.41) is 2.82. The monoisotopic (exact) mass is 272 g/mol. The van der Waals surface area contributed by atoms with Gasteiger partial charge in [0.05, 0.1) is 0 Å². The van der Waals surface area contributed by atoms with Crippen molar-refractivity contribution in [2.75, 3.05) is 12.3 Å². The molecule has 0 aliphatic heterocycles. The van der Waals surface area contributed by atoms with Gasteiger partial charge >= 0.3 is 0 Å². The summed E-state index contributed by atoms with van der Waals surface area (Å²) in [5.41, 5.74) is 8.58. The molecule has 0 fully saturated rings. The molecule has 1 amide bonds. The topological polar surface area (TPSA) is 55.1 Å². The van der Waals surface area contributed by atoms with E-state index in [0.29, 0.717) is 24.2 Å². The van der Waals surface area contributed by atoms with E-state index in [-0.39, 0.29) is 11.7 Å². The number of nitrogens with one attached hydrogen (secondary N) is 1. The van der Waals surface area contributed by atoms with Crippen molar-refractivity contribution >= 4 is 11.6 Å². The molecule has 0 bridgehead atoms. The van der Waals surface area contributed by atoms with Crippen LogP contribution in [0.25, 0.3) is 0 Å². The number of nitrogen functional groups attached to an aromatic ring is 1. The SMILES string of the molecule is Cc1c(N)cccc1C(=O)NCCc1cccc(F)c1. The molecule has 20 heavy (non-hydrogen) atoms. The summed E-state index contributed by atoms with van der Waals surface area (Å²) < 4.78 is 13.0. The molecule has 3 nitrogen and oxygen atoms in total. The van der Waals surface area contributed by atoms with E-state index < -0.39 is 0 Å². The maximum absolute atomic E-state index is 13.0. The Labute approximate surface area is 117 Å². The van der Waals surface area contributed by atoms with Gasteiger partial charge in [-0.25, -0.2) is 4.39 Å². The summed E-state index contributed by atoms with van der Waals surface area (Å²) in [6.07, 6.45) is 0.588. The van der Waals surface area contributed by atoms with Gasteiger partial charge in [-0.15, -0.1) is 0 Å². The summed E-state index contributed by atoms with van der Waals surface area (Å²) in [7, 11) is 0. The average molecular weight is 272 g/mol. The molecule has 2 aromatic carbocycles. The van der Waals surface area contributed by atoms with Crippen LogP contribution in [-0.2, 0) is 6.42 Å². The molecule has 0 aromatic heterocycles. The molecule has 0 unspecified atom stereocenters. The lowest BCUT2D eigenvalue weighted by molar-refractivity contribution is 0.0953. The number of halogens is 1. The Hall–Kier alpha value is -2.36. The molecule has 0 saturated heterocycles. The maximum Gasteiger partial charge on any atom is 0.251 e. The van der Waals surface area contributed by atoms with Gasteiger partial charge in [0.15, 0.2) is 0 Å². The van der Waals surface area contributed by atoms with E-state index in [4.69, 9.17) is 5.73 Å². The smallest absolute Gasteiger partial charge is 0.251 e. The summed E-state index contributed by atoms with van der Waals surface area (Å²) >= 11 is 0. The Morgan fingerprint density at radius 3 is 2.75 bits per heavy atom. The molecule has 4 heteroatoms. The Balaban J connectivity index is 1.94. The first kappa shape index (κ1) is 14.1. The van der Waals surface area contributed by atoms with Crippen molar-refractivity contribution in [2.24, 2.45) is 0 Å². The first-order valence-corrected chi connectivity index (χ1v) is 6.45. The number of nitrogens with two attached hydrogens (primary N) is 1. The van der Waals surface area contributed by atoms with Gasteiger partial charge in [-0.05, 0) is 48.7 Å². The number of hydrogen-bond donors (Lipinski definition) is 2. The molecule has 0 spiro atoms. The number of benzene rings is 2. The van der Waals surface area contributed by atoms with E-state index in [2.05, 4.69) is 5.32 Å². The second-order valence-electron chi connectivity index (χ2n) is 4.66. The van der Waals surface area contributed by atoms with Gasteiger partial charge in [-0.1, -0.05) is 18.2 Å². The normalized spacial score (nSPS) is 10.3. The number of amides is 1. The van der Waals surface area contributed by atoms with Crippen molar-refractivity contribution in [1.29, 1.82) is 0 Å². The number of carbonyl (C=O) groups excluding carboxylic acids is 1. The van der Waals surface area contributed by atoms with E-state index in [1.807, 2.05) is 13.0 Å². The van der Waals surface area contributed by atoms with Crippen LogP contribution in [0.2, 0.25) is 0 Å². The molecule has 0 radical (unpaired) electrons. The Morgan fingerprint density at radius 1 is 1.25 bits per heavy atom. The van der Waals surface area contributed by atoms with Crippen LogP contribution in [-0.4, -0.2) is 12.5 Å². The zero-order chi connectivity index (χ0) is 14.5. The molecule has 0 saturated carbocycles. The highest BCUT2D eigenvalue weighted by Crippen LogP contribution is 2.15. The van der Waals surface area contributed by atoms with E-state index >= 15 is 0 Å². The lowest BCUT2D eigenvalue weighted by Gasteiger charge is -2.09. The summed E-state index contributed by atoms with van der Waals surface area (Å²) in [6.45, 7) is 2.27. The van der Waals surface area contributed by atoms with Crippen molar-refractivity contribution in [3.63, 3.8) is 0 Å².